The largest absolute Gasteiger partial charge is 0.0622 e. The molecule has 2 aromatic rings. The van der Waals surface area contributed by atoms with Gasteiger partial charge in [0.2, 0.25) is 0 Å². The summed E-state index contributed by atoms with van der Waals surface area (Å²) in [6.07, 6.45) is 0. The maximum atomic E-state index is 3.56. The Morgan fingerprint density at radius 2 is 1.53 bits per heavy atom. The second-order valence-corrected chi connectivity index (χ2v) is 6.22. The van der Waals surface area contributed by atoms with Gasteiger partial charge in [-0.3, -0.25) is 0 Å². The Balaban J connectivity index is 2.63. The van der Waals surface area contributed by atoms with Crippen molar-refractivity contribution in [3.8, 4) is 11.1 Å². The quantitative estimate of drug-likeness (QED) is 0.658. The van der Waals surface area contributed by atoms with Crippen molar-refractivity contribution in [1.82, 2.24) is 0 Å². The highest BCUT2D eigenvalue weighted by Crippen LogP contribution is 2.34. The fraction of sp³-hybridized carbons (Fsp3) is 0.250. The molecule has 0 aromatic heterocycles. The maximum absolute atomic E-state index is 3.56. The van der Waals surface area contributed by atoms with Gasteiger partial charge in [0.05, 0.1) is 0 Å². The van der Waals surface area contributed by atoms with E-state index in [1.165, 1.54) is 16.7 Å². The van der Waals surface area contributed by atoms with Crippen LogP contribution in [0.2, 0.25) is 0 Å². The second-order valence-electron chi connectivity index (χ2n) is 5.31. The number of hydrogen-bond acceptors (Lipinski definition) is 0. The van der Waals surface area contributed by atoms with Gasteiger partial charge in [-0.05, 0) is 34.2 Å². The van der Waals surface area contributed by atoms with Gasteiger partial charge in [-0.2, -0.15) is 0 Å². The zero-order valence-electron chi connectivity index (χ0n) is 10.5. The molecule has 0 aliphatic rings. The second kappa shape index (κ2) is 4.66. The Hall–Kier alpha value is -1.08. The summed E-state index contributed by atoms with van der Waals surface area (Å²) in [5.41, 5.74) is 4.12. The topological polar surface area (TPSA) is 0 Å². The molecule has 0 N–H and O–H groups in total. The molecule has 0 amide bonds. The molecule has 2 aromatic carbocycles. The number of benzene rings is 2. The van der Waals surface area contributed by atoms with Crippen LogP contribution in [0.15, 0.2) is 53.0 Å². The van der Waals surface area contributed by atoms with Gasteiger partial charge in [-0.1, -0.05) is 73.1 Å². The number of rotatable bonds is 1. The average Bonchev–Trinajstić information content (AvgIpc) is 2.29. The molecule has 0 nitrogen and oxygen atoms in total. The summed E-state index contributed by atoms with van der Waals surface area (Å²) >= 11 is 3.56. The van der Waals surface area contributed by atoms with Crippen LogP contribution in [0.4, 0.5) is 0 Å². The van der Waals surface area contributed by atoms with Crippen molar-refractivity contribution in [2.45, 2.75) is 26.2 Å². The molecule has 0 saturated carbocycles. The highest BCUT2D eigenvalue weighted by atomic mass is 79.9. The minimum absolute atomic E-state index is 0.148. The van der Waals surface area contributed by atoms with E-state index in [9.17, 15) is 0 Å². The van der Waals surface area contributed by atoms with Crippen LogP contribution >= 0.6 is 15.9 Å². The molecule has 0 unspecified atom stereocenters. The van der Waals surface area contributed by atoms with Gasteiger partial charge in [-0.25, -0.2) is 0 Å². The molecule has 0 fully saturated rings. The van der Waals surface area contributed by atoms with E-state index in [4.69, 9.17) is 0 Å². The third-order valence-corrected chi connectivity index (χ3v) is 3.37. The first-order valence-electron chi connectivity index (χ1n) is 5.84. The number of halogens is 1. The fourth-order valence-corrected chi connectivity index (χ4v) is 2.37. The lowest BCUT2D eigenvalue weighted by Gasteiger charge is -2.23. The van der Waals surface area contributed by atoms with E-state index in [1.807, 2.05) is 0 Å². The third-order valence-electron chi connectivity index (χ3n) is 2.87. The predicted octanol–water partition coefficient (Wildman–Crippen LogP) is 5.41. The van der Waals surface area contributed by atoms with Crippen molar-refractivity contribution >= 4 is 15.9 Å². The Labute approximate surface area is 112 Å². The van der Waals surface area contributed by atoms with E-state index in [0.717, 1.165) is 4.47 Å². The summed E-state index contributed by atoms with van der Waals surface area (Å²) in [6, 6.07) is 17.1. The van der Waals surface area contributed by atoms with E-state index in [1.54, 1.807) is 0 Å². The monoisotopic (exact) mass is 288 g/mol. The van der Waals surface area contributed by atoms with Gasteiger partial charge in [0, 0.05) is 4.47 Å². The third kappa shape index (κ3) is 2.78. The molecule has 0 spiro atoms. The average molecular weight is 289 g/mol. The Kier molecular flexibility index (Phi) is 3.39. The summed E-state index contributed by atoms with van der Waals surface area (Å²) in [7, 11) is 0. The Bertz CT molecular complexity index is 507. The van der Waals surface area contributed by atoms with Gasteiger partial charge in [-0.15, -0.1) is 0 Å². The zero-order valence-corrected chi connectivity index (χ0v) is 12.1. The van der Waals surface area contributed by atoms with Crippen LogP contribution in [-0.2, 0) is 5.41 Å². The molecule has 0 heterocycles. The van der Waals surface area contributed by atoms with Crippen molar-refractivity contribution in [3.05, 3.63) is 58.6 Å². The molecule has 0 radical (unpaired) electrons. The first-order valence-corrected chi connectivity index (χ1v) is 6.63. The predicted molar refractivity (Wildman–Crippen MR) is 78.3 cm³/mol. The molecule has 2 rings (SSSR count). The lowest BCUT2D eigenvalue weighted by Crippen LogP contribution is -2.12. The van der Waals surface area contributed by atoms with E-state index in [-0.39, 0.29) is 5.41 Å². The van der Waals surface area contributed by atoms with Crippen LogP contribution in [0.1, 0.15) is 26.3 Å². The van der Waals surface area contributed by atoms with E-state index in [2.05, 4.69) is 85.2 Å². The molecule has 0 saturated heterocycles. The number of hydrogen-bond donors (Lipinski definition) is 0. The van der Waals surface area contributed by atoms with Crippen LogP contribution in [0, 0.1) is 0 Å². The molecule has 0 atom stereocenters. The molecule has 0 bridgehead atoms. The minimum Gasteiger partial charge on any atom is -0.0622 e. The Morgan fingerprint density at radius 3 is 2.12 bits per heavy atom. The summed E-state index contributed by atoms with van der Waals surface area (Å²) in [6.45, 7) is 6.75. The fourth-order valence-electron chi connectivity index (χ4n) is 2.01. The normalized spacial score (nSPS) is 11.5. The lowest BCUT2D eigenvalue weighted by atomic mass is 9.82. The van der Waals surface area contributed by atoms with Crippen molar-refractivity contribution in [2.75, 3.05) is 0 Å². The summed E-state index contributed by atoms with van der Waals surface area (Å²) < 4.78 is 1.14. The first-order chi connectivity index (χ1) is 7.98. The standard InChI is InChI=1S/C16H17Br/c1-16(2,3)15-11-13(17)9-10-14(15)12-7-5-4-6-8-12/h4-11H,1-3H3. The van der Waals surface area contributed by atoms with Gasteiger partial charge in [0.25, 0.3) is 0 Å². The van der Waals surface area contributed by atoms with E-state index < -0.39 is 0 Å². The van der Waals surface area contributed by atoms with E-state index in [0.29, 0.717) is 0 Å². The zero-order chi connectivity index (χ0) is 12.5. The van der Waals surface area contributed by atoms with Crippen LogP contribution in [-0.4, -0.2) is 0 Å². The van der Waals surface area contributed by atoms with Gasteiger partial charge in [0.15, 0.2) is 0 Å². The Morgan fingerprint density at radius 1 is 0.882 bits per heavy atom. The minimum atomic E-state index is 0.148. The molecule has 1 heteroatoms. The summed E-state index contributed by atoms with van der Waals surface area (Å²) in [4.78, 5) is 0. The van der Waals surface area contributed by atoms with Crippen LogP contribution < -0.4 is 0 Å². The van der Waals surface area contributed by atoms with Gasteiger partial charge >= 0.3 is 0 Å². The van der Waals surface area contributed by atoms with Crippen molar-refractivity contribution < 1.29 is 0 Å². The van der Waals surface area contributed by atoms with Crippen LogP contribution in [0.5, 0.6) is 0 Å². The van der Waals surface area contributed by atoms with E-state index >= 15 is 0 Å². The summed E-state index contributed by atoms with van der Waals surface area (Å²) in [5, 5.41) is 0. The molecular formula is C16H17Br. The molecular weight excluding hydrogens is 272 g/mol. The molecule has 88 valence electrons. The van der Waals surface area contributed by atoms with Gasteiger partial charge < -0.3 is 0 Å². The van der Waals surface area contributed by atoms with Crippen LogP contribution in [0.3, 0.4) is 0 Å². The highest BCUT2D eigenvalue weighted by molar-refractivity contribution is 9.10. The molecule has 0 aliphatic heterocycles. The summed E-state index contributed by atoms with van der Waals surface area (Å²) in [5.74, 6) is 0. The van der Waals surface area contributed by atoms with Crippen LogP contribution in [0.25, 0.3) is 11.1 Å². The van der Waals surface area contributed by atoms with Crippen molar-refractivity contribution in [2.24, 2.45) is 0 Å². The molecule has 17 heavy (non-hydrogen) atoms. The lowest BCUT2D eigenvalue weighted by molar-refractivity contribution is 0.591. The highest BCUT2D eigenvalue weighted by Gasteiger charge is 2.18. The van der Waals surface area contributed by atoms with Gasteiger partial charge in [0.1, 0.15) is 0 Å². The maximum Gasteiger partial charge on any atom is 0.0178 e. The smallest absolute Gasteiger partial charge is 0.0178 e. The van der Waals surface area contributed by atoms with Crippen molar-refractivity contribution in [1.29, 1.82) is 0 Å². The van der Waals surface area contributed by atoms with Crippen molar-refractivity contribution in [3.63, 3.8) is 0 Å². The first kappa shape index (κ1) is 12.4. The molecule has 0 aliphatic carbocycles. The SMILES string of the molecule is CC(C)(C)c1cc(Br)ccc1-c1ccccc1.